The largest absolute Gasteiger partial charge is 0.480 e. The summed E-state index contributed by atoms with van der Waals surface area (Å²) in [5.74, 6) is -0.107. The average Bonchev–Trinajstić information content (AvgIpc) is 3.05. The molecule has 100 valence electrons. The molecule has 0 atom stereocenters. The first kappa shape index (κ1) is 12.0. The first-order valence-corrected chi connectivity index (χ1v) is 6.52. The molecule has 1 saturated carbocycles. The fraction of sp³-hybridized carbons (Fsp3) is 0.462. The van der Waals surface area contributed by atoms with Gasteiger partial charge in [0.1, 0.15) is 12.1 Å². The molecule has 3 rings (SSSR count). The van der Waals surface area contributed by atoms with Gasteiger partial charge >= 0.3 is 5.97 Å². The van der Waals surface area contributed by atoms with Gasteiger partial charge in [-0.15, -0.1) is 0 Å². The highest BCUT2D eigenvalue weighted by Gasteiger charge is 2.26. The van der Waals surface area contributed by atoms with E-state index < -0.39 is 5.97 Å². The Kier molecular flexibility index (Phi) is 3.06. The van der Waals surface area contributed by atoms with Crippen molar-refractivity contribution in [1.29, 1.82) is 0 Å². The smallest absolute Gasteiger partial charge is 0.323 e. The summed E-state index contributed by atoms with van der Waals surface area (Å²) < 4.78 is 1.73. The van der Waals surface area contributed by atoms with Gasteiger partial charge in [-0.05, 0) is 18.9 Å². The lowest BCUT2D eigenvalue weighted by molar-refractivity contribution is -0.135. The van der Waals surface area contributed by atoms with Crippen molar-refractivity contribution in [3.05, 3.63) is 24.7 Å². The molecule has 0 bridgehead atoms. The third-order valence-electron chi connectivity index (χ3n) is 3.65. The number of anilines is 1. The Labute approximate surface area is 110 Å². The molecular formula is C13H16N4O2. The number of rotatable bonds is 4. The van der Waals surface area contributed by atoms with E-state index in [9.17, 15) is 4.79 Å². The van der Waals surface area contributed by atoms with Gasteiger partial charge in [0, 0.05) is 18.4 Å². The van der Waals surface area contributed by atoms with Crippen molar-refractivity contribution < 1.29 is 9.90 Å². The van der Waals surface area contributed by atoms with Crippen LogP contribution in [-0.2, 0) is 4.79 Å². The molecule has 1 aliphatic rings. The predicted molar refractivity (Wildman–Crippen MR) is 70.2 cm³/mol. The van der Waals surface area contributed by atoms with Gasteiger partial charge in [-0.3, -0.25) is 4.79 Å². The normalized spacial score (nSPS) is 16.0. The van der Waals surface area contributed by atoms with E-state index in [1.807, 2.05) is 11.0 Å². The zero-order chi connectivity index (χ0) is 13.2. The third kappa shape index (κ3) is 2.25. The van der Waals surface area contributed by atoms with Gasteiger partial charge < -0.3 is 10.0 Å². The van der Waals surface area contributed by atoms with Gasteiger partial charge in [-0.1, -0.05) is 12.8 Å². The van der Waals surface area contributed by atoms with Crippen LogP contribution in [0, 0.1) is 0 Å². The second-order valence-electron chi connectivity index (χ2n) is 4.87. The molecule has 1 N–H and O–H groups in total. The highest BCUT2D eigenvalue weighted by molar-refractivity contribution is 5.77. The molecule has 2 aromatic rings. The number of carboxylic acid groups (broad SMARTS) is 1. The Morgan fingerprint density at radius 1 is 1.42 bits per heavy atom. The third-order valence-corrected chi connectivity index (χ3v) is 3.65. The molecule has 0 aliphatic heterocycles. The quantitative estimate of drug-likeness (QED) is 0.903. The number of carbonyl (C=O) groups is 1. The monoisotopic (exact) mass is 260 g/mol. The molecule has 2 heterocycles. The van der Waals surface area contributed by atoms with Crippen LogP contribution in [0.3, 0.4) is 0 Å². The lowest BCUT2D eigenvalue weighted by Gasteiger charge is -2.28. The number of carboxylic acids is 1. The van der Waals surface area contributed by atoms with Crippen molar-refractivity contribution in [3.8, 4) is 0 Å². The highest BCUT2D eigenvalue weighted by atomic mass is 16.4. The summed E-state index contributed by atoms with van der Waals surface area (Å²) in [4.78, 5) is 17.4. The van der Waals surface area contributed by atoms with Crippen LogP contribution < -0.4 is 4.90 Å². The molecule has 6 nitrogen and oxygen atoms in total. The summed E-state index contributed by atoms with van der Waals surface area (Å²) in [5.41, 5.74) is 0.857. The van der Waals surface area contributed by atoms with Crippen LogP contribution in [0.1, 0.15) is 25.7 Å². The lowest BCUT2D eigenvalue weighted by Crippen LogP contribution is -2.38. The summed E-state index contributed by atoms with van der Waals surface area (Å²) >= 11 is 0. The predicted octanol–water partition coefficient (Wildman–Crippen LogP) is 1.56. The topological polar surface area (TPSA) is 70.7 Å². The molecule has 1 aliphatic carbocycles. The van der Waals surface area contributed by atoms with Crippen LogP contribution in [0.2, 0.25) is 0 Å². The van der Waals surface area contributed by atoms with Crippen molar-refractivity contribution in [2.45, 2.75) is 31.7 Å². The molecule has 0 amide bonds. The molecular weight excluding hydrogens is 244 g/mol. The van der Waals surface area contributed by atoms with E-state index in [1.165, 1.54) is 0 Å². The van der Waals surface area contributed by atoms with E-state index in [-0.39, 0.29) is 12.6 Å². The van der Waals surface area contributed by atoms with Crippen molar-refractivity contribution in [2.75, 3.05) is 11.4 Å². The fourth-order valence-electron chi connectivity index (χ4n) is 2.80. The summed E-state index contributed by atoms with van der Waals surface area (Å²) in [6.07, 6.45) is 9.51. The zero-order valence-corrected chi connectivity index (χ0v) is 10.6. The Morgan fingerprint density at radius 2 is 2.21 bits per heavy atom. The van der Waals surface area contributed by atoms with Crippen LogP contribution in [0.15, 0.2) is 24.7 Å². The van der Waals surface area contributed by atoms with Crippen LogP contribution in [0.25, 0.3) is 5.52 Å². The molecule has 0 spiro atoms. The second kappa shape index (κ2) is 4.87. The molecule has 1 fully saturated rings. The van der Waals surface area contributed by atoms with Gasteiger partial charge in [0.25, 0.3) is 0 Å². The van der Waals surface area contributed by atoms with Crippen molar-refractivity contribution in [1.82, 2.24) is 14.6 Å². The molecule has 0 aromatic carbocycles. The number of hydrogen-bond donors (Lipinski definition) is 1. The minimum absolute atomic E-state index is 0.0114. The first-order chi connectivity index (χ1) is 9.25. The first-order valence-electron chi connectivity index (χ1n) is 6.52. The minimum Gasteiger partial charge on any atom is -0.480 e. The molecule has 0 unspecified atom stereocenters. The lowest BCUT2D eigenvalue weighted by atomic mass is 10.2. The summed E-state index contributed by atoms with van der Waals surface area (Å²) in [5, 5.41) is 13.3. The number of fused-ring (bicyclic) bond motifs is 1. The summed E-state index contributed by atoms with van der Waals surface area (Å²) in [7, 11) is 0. The maximum absolute atomic E-state index is 11.1. The Morgan fingerprint density at radius 3 is 2.95 bits per heavy atom. The maximum atomic E-state index is 11.1. The van der Waals surface area contributed by atoms with Crippen LogP contribution in [0.4, 0.5) is 5.82 Å². The molecule has 0 saturated heterocycles. The van der Waals surface area contributed by atoms with E-state index in [0.29, 0.717) is 5.82 Å². The molecule has 2 aromatic heterocycles. The molecule has 0 radical (unpaired) electrons. The van der Waals surface area contributed by atoms with Gasteiger partial charge in [-0.25, -0.2) is 9.50 Å². The average molecular weight is 260 g/mol. The standard InChI is InChI=1S/C13H16N4O2/c18-12(19)9-16(10-3-1-2-4-10)13-11-5-6-15-17(11)8-7-14-13/h5-8,10H,1-4,9H2,(H,18,19). The second-order valence-corrected chi connectivity index (χ2v) is 4.87. The summed E-state index contributed by atoms with van der Waals surface area (Å²) in [6.45, 7) is -0.0114. The van der Waals surface area contributed by atoms with Crippen molar-refractivity contribution in [3.63, 3.8) is 0 Å². The number of nitrogens with zero attached hydrogens (tertiary/aromatic N) is 4. The van der Waals surface area contributed by atoms with E-state index in [1.54, 1.807) is 23.1 Å². The van der Waals surface area contributed by atoms with Gasteiger partial charge in [0.2, 0.25) is 0 Å². The Bertz CT molecular complexity index is 589. The SMILES string of the molecule is O=C(O)CN(c1nccn2nccc12)C1CCCC1. The maximum Gasteiger partial charge on any atom is 0.323 e. The summed E-state index contributed by atoms with van der Waals surface area (Å²) in [6, 6.07) is 2.14. The van der Waals surface area contributed by atoms with Crippen LogP contribution in [0.5, 0.6) is 0 Å². The highest BCUT2D eigenvalue weighted by Crippen LogP contribution is 2.29. The van der Waals surface area contributed by atoms with Crippen molar-refractivity contribution >= 4 is 17.3 Å². The number of aliphatic carboxylic acids is 1. The Hall–Kier alpha value is -2.11. The van der Waals surface area contributed by atoms with Crippen LogP contribution in [-0.4, -0.2) is 38.3 Å². The fourth-order valence-corrected chi connectivity index (χ4v) is 2.80. The van der Waals surface area contributed by atoms with E-state index >= 15 is 0 Å². The Balaban J connectivity index is 2.02. The van der Waals surface area contributed by atoms with Gasteiger partial charge in [-0.2, -0.15) is 5.10 Å². The van der Waals surface area contributed by atoms with E-state index in [2.05, 4.69) is 10.1 Å². The minimum atomic E-state index is -0.824. The number of aromatic nitrogens is 3. The molecule has 6 heteroatoms. The molecule has 19 heavy (non-hydrogen) atoms. The van der Waals surface area contributed by atoms with E-state index in [4.69, 9.17) is 5.11 Å². The number of hydrogen-bond acceptors (Lipinski definition) is 4. The van der Waals surface area contributed by atoms with Gasteiger partial charge in [0.05, 0.1) is 6.20 Å². The van der Waals surface area contributed by atoms with Crippen LogP contribution >= 0.6 is 0 Å². The van der Waals surface area contributed by atoms with Crippen molar-refractivity contribution in [2.24, 2.45) is 0 Å². The van der Waals surface area contributed by atoms with E-state index in [0.717, 1.165) is 31.2 Å². The van der Waals surface area contributed by atoms with Gasteiger partial charge in [0.15, 0.2) is 5.82 Å². The zero-order valence-electron chi connectivity index (χ0n) is 10.6.